The van der Waals surface area contributed by atoms with E-state index in [2.05, 4.69) is 20.9 Å². The smallest absolute Gasteiger partial charge is 0.243 e. The molecular formula is C12H9BrF3N. The van der Waals surface area contributed by atoms with Crippen LogP contribution in [0, 0.1) is 0 Å². The van der Waals surface area contributed by atoms with Crippen LogP contribution >= 0.6 is 15.9 Å². The number of benzene rings is 1. The molecule has 17 heavy (non-hydrogen) atoms. The van der Waals surface area contributed by atoms with E-state index in [0.29, 0.717) is 21.8 Å². The second-order valence-electron chi connectivity index (χ2n) is 3.65. The number of aryl methyl sites for hydroxylation is 1. The fourth-order valence-electron chi connectivity index (χ4n) is 1.70. The Morgan fingerprint density at radius 2 is 2.00 bits per heavy atom. The molecule has 0 amide bonds. The molecule has 1 aromatic heterocycles. The summed E-state index contributed by atoms with van der Waals surface area (Å²) in [7, 11) is 0. The lowest BCUT2D eigenvalue weighted by Gasteiger charge is -2.10. The molecule has 1 nitrogen and oxygen atoms in total. The average Bonchev–Trinajstić information content (AvgIpc) is 2.27. The van der Waals surface area contributed by atoms with E-state index in [0.717, 1.165) is 11.6 Å². The summed E-state index contributed by atoms with van der Waals surface area (Å²) in [5.41, 5.74) is 0.365. The minimum atomic E-state index is -4.42. The van der Waals surface area contributed by atoms with Crippen molar-refractivity contribution >= 4 is 26.8 Å². The lowest BCUT2D eigenvalue weighted by molar-refractivity contribution is -0.141. The number of para-hydroxylation sites is 1. The number of hydrogen-bond acceptors (Lipinski definition) is 1. The van der Waals surface area contributed by atoms with Crippen LogP contribution in [0.3, 0.4) is 0 Å². The third-order valence-electron chi connectivity index (χ3n) is 2.54. The van der Waals surface area contributed by atoms with E-state index in [1.165, 1.54) is 0 Å². The first-order valence-electron chi connectivity index (χ1n) is 5.09. The molecule has 0 bridgehead atoms. The van der Waals surface area contributed by atoms with Crippen LogP contribution in [0.15, 0.2) is 28.7 Å². The van der Waals surface area contributed by atoms with Gasteiger partial charge in [-0.25, -0.2) is 4.98 Å². The summed E-state index contributed by atoms with van der Waals surface area (Å²) in [5.74, 6) is 0. The Morgan fingerprint density at radius 1 is 1.29 bits per heavy atom. The number of pyridine rings is 1. The van der Waals surface area contributed by atoms with Gasteiger partial charge in [-0.05, 0) is 18.1 Å². The van der Waals surface area contributed by atoms with Gasteiger partial charge < -0.3 is 0 Å². The molecule has 0 atom stereocenters. The molecule has 0 fully saturated rings. The molecule has 5 heteroatoms. The van der Waals surface area contributed by atoms with Gasteiger partial charge in [0.25, 0.3) is 0 Å². The molecule has 0 unspecified atom stereocenters. The number of hydrogen-bond donors (Lipinski definition) is 0. The molecule has 0 N–H and O–H groups in total. The van der Waals surface area contributed by atoms with Gasteiger partial charge in [0.15, 0.2) is 0 Å². The monoisotopic (exact) mass is 303 g/mol. The number of aromatic nitrogens is 1. The first-order chi connectivity index (χ1) is 7.93. The Balaban J connectivity index is 2.79. The third kappa shape index (κ3) is 2.29. The van der Waals surface area contributed by atoms with Crippen molar-refractivity contribution in [3.05, 3.63) is 40.0 Å². The van der Waals surface area contributed by atoms with E-state index in [1.807, 2.05) is 13.0 Å². The highest BCUT2D eigenvalue weighted by Gasteiger charge is 2.33. The van der Waals surface area contributed by atoms with Gasteiger partial charge in [-0.15, -0.1) is 0 Å². The maximum atomic E-state index is 12.6. The van der Waals surface area contributed by atoms with Gasteiger partial charge in [0.05, 0.1) is 5.52 Å². The first-order valence-corrected chi connectivity index (χ1v) is 5.88. The Bertz CT molecular complexity index is 563. The molecule has 0 aliphatic rings. The Kier molecular flexibility index (Phi) is 3.12. The molecule has 0 saturated heterocycles. The minimum Gasteiger partial charge on any atom is -0.243 e. The van der Waals surface area contributed by atoms with Gasteiger partial charge >= 0.3 is 6.18 Å². The molecule has 1 heterocycles. The lowest BCUT2D eigenvalue weighted by Crippen LogP contribution is -2.08. The number of nitrogens with zero attached hydrogens (tertiary/aromatic N) is 1. The van der Waals surface area contributed by atoms with E-state index in [4.69, 9.17) is 0 Å². The minimum absolute atomic E-state index is 0.414. The van der Waals surface area contributed by atoms with Crippen LogP contribution in [0.4, 0.5) is 13.2 Å². The predicted octanol–water partition coefficient (Wildman–Crippen LogP) is 4.58. The molecule has 2 aromatic rings. The summed E-state index contributed by atoms with van der Waals surface area (Å²) in [6.45, 7) is 1.89. The van der Waals surface area contributed by atoms with E-state index < -0.39 is 11.9 Å². The van der Waals surface area contributed by atoms with E-state index >= 15 is 0 Å². The van der Waals surface area contributed by atoms with Crippen LogP contribution in [-0.4, -0.2) is 4.98 Å². The third-order valence-corrected chi connectivity index (χ3v) is 3.20. The van der Waals surface area contributed by atoms with Crippen LogP contribution < -0.4 is 0 Å². The molecule has 0 aliphatic carbocycles. The van der Waals surface area contributed by atoms with Crippen LogP contribution in [0.2, 0.25) is 0 Å². The van der Waals surface area contributed by atoms with Crippen molar-refractivity contribution in [2.45, 2.75) is 19.5 Å². The highest BCUT2D eigenvalue weighted by atomic mass is 79.9. The van der Waals surface area contributed by atoms with Crippen molar-refractivity contribution in [3.8, 4) is 0 Å². The van der Waals surface area contributed by atoms with Crippen molar-refractivity contribution in [1.29, 1.82) is 0 Å². The fourth-order valence-corrected chi connectivity index (χ4v) is 2.23. The summed E-state index contributed by atoms with van der Waals surface area (Å²) in [5, 5.41) is 0.706. The maximum absolute atomic E-state index is 12.6. The topological polar surface area (TPSA) is 12.9 Å². The normalized spacial score (nSPS) is 12.1. The van der Waals surface area contributed by atoms with E-state index in [-0.39, 0.29) is 0 Å². The zero-order valence-corrected chi connectivity index (χ0v) is 10.6. The van der Waals surface area contributed by atoms with Crippen LogP contribution in [0.5, 0.6) is 0 Å². The second kappa shape index (κ2) is 4.29. The lowest BCUT2D eigenvalue weighted by atomic mass is 10.1. The van der Waals surface area contributed by atoms with Crippen molar-refractivity contribution in [3.63, 3.8) is 0 Å². The zero-order chi connectivity index (χ0) is 12.6. The van der Waals surface area contributed by atoms with Gasteiger partial charge in [-0.2, -0.15) is 13.2 Å². The Hall–Kier alpha value is -1.10. The maximum Gasteiger partial charge on any atom is 0.433 e. The molecule has 0 spiro atoms. The molecule has 0 aliphatic heterocycles. The largest absolute Gasteiger partial charge is 0.433 e. The van der Waals surface area contributed by atoms with Crippen molar-refractivity contribution in [2.75, 3.05) is 0 Å². The van der Waals surface area contributed by atoms with Gasteiger partial charge in [0, 0.05) is 9.86 Å². The van der Waals surface area contributed by atoms with Crippen molar-refractivity contribution in [2.24, 2.45) is 0 Å². The fraction of sp³-hybridized carbons (Fsp3) is 0.250. The molecular weight excluding hydrogens is 295 g/mol. The number of alkyl halides is 3. The van der Waals surface area contributed by atoms with Gasteiger partial charge in [0.1, 0.15) is 5.69 Å². The second-order valence-corrected chi connectivity index (χ2v) is 4.51. The SMILES string of the molecule is CCc1cccc2c(Br)cc(C(F)(F)F)nc12. The molecule has 90 valence electrons. The highest BCUT2D eigenvalue weighted by molar-refractivity contribution is 9.10. The quantitative estimate of drug-likeness (QED) is 0.751. The van der Waals surface area contributed by atoms with Gasteiger partial charge in [-0.3, -0.25) is 0 Å². The summed E-state index contributed by atoms with van der Waals surface area (Å²) < 4.78 is 38.4. The van der Waals surface area contributed by atoms with Crippen molar-refractivity contribution in [1.82, 2.24) is 4.98 Å². The summed E-state index contributed by atoms with van der Waals surface area (Å²) in [4.78, 5) is 3.72. The molecule has 0 radical (unpaired) electrons. The number of rotatable bonds is 1. The standard InChI is InChI=1S/C12H9BrF3N/c1-2-7-4-3-5-8-9(13)6-10(12(14,15)16)17-11(7)8/h3-6H,2H2,1H3. The van der Waals surface area contributed by atoms with Crippen LogP contribution in [-0.2, 0) is 12.6 Å². The van der Waals surface area contributed by atoms with Crippen LogP contribution in [0.25, 0.3) is 10.9 Å². The van der Waals surface area contributed by atoms with Crippen LogP contribution in [0.1, 0.15) is 18.2 Å². The molecule has 1 aromatic carbocycles. The highest BCUT2D eigenvalue weighted by Crippen LogP contribution is 2.33. The summed E-state index contributed by atoms with van der Waals surface area (Å²) in [6, 6.07) is 6.39. The van der Waals surface area contributed by atoms with Gasteiger partial charge in [-0.1, -0.05) is 41.1 Å². The summed E-state index contributed by atoms with van der Waals surface area (Å²) in [6.07, 6.45) is -3.77. The van der Waals surface area contributed by atoms with E-state index in [1.54, 1.807) is 12.1 Å². The zero-order valence-electron chi connectivity index (χ0n) is 8.98. The number of halogens is 4. The average molecular weight is 304 g/mol. The first kappa shape index (κ1) is 12.4. The van der Waals surface area contributed by atoms with Crippen molar-refractivity contribution < 1.29 is 13.2 Å². The van der Waals surface area contributed by atoms with E-state index in [9.17, 15) is 13.2 Å². The van der Waals surface area contributed by atoms with Gasteiger partial charge in [0.2, 0.25) is 0 Å². The molecule has 2 rings (SSSR count). The Labute approximate surface area is 105 Å². The number of fused-ring (bicyclic) bond motifs is 1. The Morgan fingerprint density at radius 3 is 2.59 bits per heavy atom. The molecule has 0 saturated carbocycles. The summed E-state index contributed by atoms with van der Waals surface area (Å²) >= 11 is 3.16. The predicted molar refractivity (Wildman–Crippen MR) is 63.8 cm³/mol.